The Morgan fingerprint density at radius 1 is 1.12 bits per heavy atom. The molecule has 3 nitrogen and oxygen atoms in total. The fourth-order valence-corrected chi connectivity index (χ4v) is 2.43. The number of nitrogens with zero attached hydrogens (tertiary/aromatic N) is 1. The molecule has 0 amide bonds. The van der Waals surface area contributed by atoms with E-state index in [1.54, 1.807) is 0 Å². The minimum atomic E-state index is -0.0336. The molecular formula is C13H28N2O. The largest absolute Gasteiger partial charge is 0.393 e. The lowest BCUT2D eigenvalue weighted by atomic mass is 9.93. The molecule has 96 valence electrons. The predicted octanol–water partition coefficient (Wildman–Crippen LogP) is 1.61. The molecule has 16 heavy (non-hydrogen) atoms. The van der Waals surface area contributed by atoms with Crippen LogP contribution in [0.5, 0.6) is 0 Å². The van der Waals surface area contributed by atoms with Crippen molar-refractivity contribution in [2.24, 2.45) is 0 Å². The second-order valence-electron chi connectivity index (χ2n) is 4.84. The van der Waals surface area contributed by atoms with Gasteiger partial charge in [0.1, 0.15) is 0 Å². The standard InChI is InChI=1S/C13H28N2O/c1-3-15(4-2)11-5-10-14-12-6-8-13(16)9-7-12/h12-14,16H,3-11H2,1-2H3. The zero-order valence-corrected chi connectivity index (χ0v) is 10.9. The fraction of sp³-hybridized carbons (Fsp3) is 1.00. The van der Waals surface area contributed by atoms with Gasteiger partial charge in [-0.2, -0.15) is 0 Å². The Bertz CT molecular complexity index is 163. The average Bonchev–Trinajstić information content (AvgIpc) is 2.32. The van der Waals surface area contributed by atoms with Crippen LogP contribution in [0.4, 0.5) is 0 Å². The molecule has 0 saturated heterocycles. The van der Waals surface area contributed by atoms with Gasteiger partial charge in [-0.3, -0.25) is 0 Å². The normalized spacial score (nSPS) is 26.2. The lowest BCUT2D eigenvalue weighted by Crippen LogP contribution is -2.36. The van der Waals surface area contributed by atoms with Crippen molar-refractivity contribution in [1.82, 2.24) is 10.2 Å². The first kappa shape index (κ1) is 13.9. The molecule has 1 aliphatic carbocycles. The molecule has 1 saturated carbocycles. The number of aliphatic hydroxyl groups excluding tert-OH is 1. The third-order valence-electron chi connectivity index (χ3n) is 3.68. The summed E-state index contributed by atoms with van der Waals surface area (Å²) >= 11 is 0. The van der Waals surface area contributed by atoms with Crippen LogP contribution in [0.15, 0.2) is 0 Å². The Morgan fingerprint density at radius 3 is 2.31 bits per heavy atom. The molecule has 0 radical (unpaired) electrons. The first-order chi connectivity index (χ1) is 7.76. The van der Waals surface area contributed by atoms with Gasteiger partial charge >= 0.3 is 0 Å². The first-order valence-electron chi connectivity index (χ1n) is 6.90. The van der Waals surface area contributed by atoms with Crippen molar-refractivity contribution >= 4 is 0 Å². The van der Waals surface area contributed by atoms with Gasteiger partial charge in [-0.1, -0.05) is 13.8 Å². The molecule has 0 spiro atoms. The van der Waals surface area contributed by atoms with Crippen molar-refractivity contribution in [3.05, 3.63) is 0 Å². The third-order valence-corrected chi connectivity index (χ3v) is 3.68. The smallest absolute Gasteiger partial charge is 0.0541 e. The van der Waals surface area contributed by atoms with Crippen LogP contribution in [0.2, 0.25) is 0 Å². The summed E-state index contributed by atoms with van der Waals surface area (Å²) in [5, 5.41) is 13.0. The number of aliphatic hydroxyl groups is 1. The Balaban J connectivity index is 1.98. The van der Waals surface area contributed by atoms with Gasteiger partial charge in [0.2, 0.25) is 0 Å². The summed E-state index contributed by atoms with van der Waals surface area (Å²) in [7, 11) is 0. The molecule has 0 aromatic heterocycles. The van der Waals surface area contributed by atoms with Crippen molar-refractivity contribution in [3.63, 3.8) is 0 Å². The van der Waals surface area contributed by atoms with Crippen LogP contribution in [-0.2, 0) is 0 Å². The van der Waals surface area contributed by atoms with Crippen LogP contribution in [-0.4, -0.2) is 48.3 Å². The molecule has 1 fully saturated rings. The van der Waals surface area contributed by atoms with Gasteiger partial charge in [0.25, 0.3) is 0 Å². The summed E-state index contributed by atoms with van der Waals surface area (Å²) in [4.78, 5) is 2.46. The molecule has 3 heteroatoms. The zero-order chi connectivity index (χ0) is 11.8. The number of hydrogen-bond acceptors (Lipinski definition) is 3. The van der Waals surface area contributed by atoms with Crippen LogP contribution in [0.25, 0.3) is 0 Å². The van der Waals surface area contributed by atoms with Crippen molar-refractivity contribution in [2.45, 2.75) is 58.1 Å². The van der Waals surface area contributed by atoms with E-state index in [0.29, 0.717) is 6.04 Å². The van der Waals surface area contributed by atoms with Crippen LogP contribution in [0, 0.1) is 0 Å². The number of hydrogen-bond donors (Lipinski definition) is 2. The fourth-order valence-electron chi connectivity index (χ4n) is 2.43. The number of nitrogens with one attached hydrogen (secondary N) is 1. The van der Waals surface area contributed by atoms with E-state index >= 15 is 0 Å². The molecule has 0 aliphatic heterocycles. The second-order valence-corrected chi connectivity index (χ2v) is 4.84. The van der Waals surface area contributed by atoms with Crippen LogP contribution >= 0.6 is 0 Å². The van der Waals surface area contributed by atoms with E-state index in [9.17, 15) is 5.11 Å². The molecule has 0 heterocycles. The Kier molecular flexibility index (Phi) is 7.01. The lowest BCUT2D eigenvalue weighted by molar-refractivity contribution is 0.116. The monoisotopic (exact) mass is 228 g/mol. The topological polar surface area (TPSA) is 35.5 Å². The average molecular weight is 228 g/mol. The van der Waals surface area contributed by atoms with Gasteiger partial charge in [-0.15, -0.1) is 0 Å². The van der Waals surface area contributed by atoms with Gasteiger partial charge < -0.3 is 15.3 Å². The van der Waals surface area contributed by atoms with E-state index in [-0.39, 0.29) is 6.10 Å². The zero-order valence-electron chi connectivity index (χ0n) is 10.9. The van der Waals surface area contributed by atoms with Gasteiger partial charge in [0, 0.05) is 6.04 Å². The van der Waals surface area contributed by atoms with E-state index in [0.717, 1.165) is 45.3 Å². The minimum absolute atomic E-state index is 0.0336. The third kappa shape index (κ3) is 5.28. The summed E-state index contributed by atoms with van der Waals surface area (Å²) < 4.78 is 0. The second kappa shape index (κ2) is 8.04. The van der Waals surface area contributed by atoms with Crippen molar-refractivity contribution in [1.29, 1.82) is 0 Å². The molecule has 0 bridgehead atoms. The molecule has 1 rings (SSSR count). The van der Waals surface area contributed by atoms with Crippen LogP contribution < -0.4 is 5.32 Å². The maximum Gasteiger partial charge on any atom is 0.0541 e. The summed E-state index contributed by atoms with van der Waals surface area (Å²) in [6.07, 6.45) is 5.45. The molecule has 0 atom stereocenters. The Hall–Kier alpha value is -0.120. The van der Waals surface area contributed by atoms with Gasteiger partial charge in [0.15, 0.2) is 0 Å². The van der Waals surface area contributed by atoms with E-state index in [2.05, 4.69) is 24.1 Å². The predicted molar refractivity (Wildman–Crippen MR) is 68.7 cm³/mol. The van der Waals surface area contributed by atoms with Crippen LogP contribution in [0.1, 0.15) is 46.0 Å². The van der Waals surface area contributed by atoms with Crippen molar-refractivity contribution in [2.75, 3.05) is 26.2 Å². The summed E-state index contributed by atoms with van der Waals surface area (Å²) in [6.45, 7) is 9.09. The first-order valence-corrected chi connectivity index (χ1v) is 6.90. The van der Waals surface area contributed by atoms with Crippen molar-refractivity contribution < 1.29 is 5.11 Å². The SMILES string of the molecule is CCN(CC)CCCNC1CCC(O)CC1. The molecule has 1 aliphatic rings. The molecular weight excluding hydrogens is 200 g/mol. The molecule has 0 aromatic rings. The Labute approximate surface area is 100 Å². The highest BCUT2D eigenvalue weighted by molar-refractivity contribution is 4.76. The highest BCUT2D eigenvalue weighted by Crippen LogP contribution is 2.18. The minimum Gasteiger partial charge on any atom is -0.393 e. The molecule has 2 N–H and O–H groups in total. The van der Waals surface area contributed by atoms with Crippen LogP contribution in [0.3, 0.4) is 0 Å². The van der Waals surface area contributed by atoms with E-state index in [4.69, 9.17) is 0 Å². The summed E-state index contributed by atoms with van der Waals surface area (Å²) in [5.74, 6) is 0. The number of rotatable bonds is 7. The maximum atomic E-state index is 9.40. The Morgan fingerprint density at radius 2 is 1.75 bits per heavy atom. The maximum absolute atomic E-state index is 9.40. The van der Waals surface area contributed by atoms with Gasteiger partial charge in [0.05, 0.1) is 6.10 Å². The molecule has 0 aromatic carbocycles. The lowest BCUT2D eigenvalue weighted by Gasteiger charge is -2.26. The van der Waals surface area contributed by atoms with Gasteiger partial charge in [-0.25, -0.2) is 0 Å². The van der Waals surface area contributed by atoms with E-state index in [1.807, 2.05) is 0 Å². The molecule has 0 unspecified atom stereocenters. The van der Waals surface area contributed by atoms with Crippen molar-refractivity contribution in [3.8, 4) is 0 Å². The highest BCUT2D eigenvalue weighted by atomic mass is 16.3. The summed E-state index contributed by atoms with van der Waals surface area (Å²) in [5.41, 5.74) is 0. The van der Waals surface area contributed by atoms with Gasteiger partial charge in [-0.05, 0) is 58.3 Å². The highest BCUT2D eigenvalue weighted by Gasteiger charge is 2.18. The van der Waals surface area contributed by atoms with E-state index < -0.39 is 0 Å². The summed E-state index contributed by atoms with van der Waals surface area (Å²) in [6, 6.07) is 0.653. The van der Waals surface area contributed by atoms with E-state index in [1.165, 1.54) is 13.0 Å². The quantitative estimate of drug-likeness (QED) is 0.650.